The maximum atomic E-state index is 12.3. The Morgan fingerprint density at radius 3 is 2.53 bits per heavy atom. The molecule has 1 saturated carbocycles. The van der Waals surface area contributed by atoms with Gasteiger partial charge in [-0.2, -0.15) is 9.78 Å². The molecule has 0 unspecified atom stereocenters. The molecule has 1 heterocycles. The van der Waals surface area contributed by atoms with Crippen molar-refractivity contribution in [2.45, 2.75) is 46.5 Å². The zero-order valence-corrected chi connectivity index (χ0v) is 17.9. The van der Waals surface area contributed by atoms with Gasteiger partial charge in [0.05, 0.1) is 11.4 Å². The lowest BCUT2D eigenvalue weighted by Gasteiger charge is -2.13. The Labute approximate surface area is 178 Å². The van der Waals surface area contributed by atoms with Crippen LogP contribution in [0, 0.1) is 26.7 Å². The van der Waals surface area contributed by atoms with E-state index in [4.69, 9.17) is 9.84 Å². The van der Waals surface area contributed by atoms with E-state index < -0.39 is 0 Å². The van der Waals surface area contributed by atoms with Crippen molar-refractivity contribution in [3.05, 3.63) is 70.9 Å². The first kappa shape index (κ1) is 20.2. The monoisotopic (exact) mass is 403 g/mol. The van der Waals surface area contributed by atoms with Crippen LogP contribution >= 0.6 is 0 Å². The van der Waals surface area contributed by atoms with E-state index in [1.54, 1.807) is 0 Å². The first-order valence-corrected chi connectivity index (χ1v) is 10.7. The van der Waals surface area contributed by atoms with Crippen LogP contribution in [-0.4, -0.2) is 22.2 Å². The van der Waals surface area contributed by atoms with Crippen LogP contribution in [0.3, 0.4) is 0 Å². The lowest BCUT2D eigenvalue weighted by molar-refractivity contribution is -0.121. The SMILES string of the molecule is Cc1ccc(Oc2c(CCC(=O)NCC3CC3)c(C)nn2-c2ccccc2C)cc1. The van der Waals surface area contributed by atoms with Gasteiger partial charge in [-0.25, -0.2) is 0 Å². The quantitative estimate of drug-likeness (QED) is 0.573. The molecule has 1 aliphatic rings. The molecule has 0 atom stereocenters. The number of nitrogens with zero attached hydrogens (tertiary/aromatic N) is 2. The highest BCUT2D eigenvalue weighted by Crippen LogP contribution is 2.32. The first-order chi connectivity index (χ1) is 14.5. The van der Waals surface area contributed by atoms with Gasteiger partial charge in [0, 0.05) is 18.5 Å². The maximum Gasteiger partial charge on any atom is 0.226 e. The van der Waals surface area contributed by atoms with Crippen molar-refractivity contribution in [1.29, 1.82) is 0 Å². The summed E-state index contributed by atoms with van der Waals surface area (Å²) in [5, 5.41) is 7.83. The molecule has 1 N–H and O–H groups in total. The molecule has 3 aromatic rings. The molecule has 1 fully saturated rings. The molecule has 0 aliphatic heterocycles. The van der Waals surface area contributed by atoms with Gasteiger partial charge >= 0.3 is 0 Å². The first-order valence-electron chi connectivity index (χ1n) is 10.7. The molecule has 0 bridgehead atoms. The molecule has 0 saturated heterocycles. The van der Waals surface area contributed by atoms with Gasteiger partial charge < -0.3 is 10.1 Å². The fourth-order valence-corrected chi connectivity index (χ4v) is 3.52. The number of carbonyl (C=O) groups is 1. The molecule has 1 amide bonds. The van der Waals surface area contributed by atoms with Gasteiger partial charge in [-0.3, -0.25) is 4.79 Å². The van der Waals surface area contributed by atoms with Gasteiger partial charge in [-0.1, -0.05) is 35.9 Å². The lowest BCUT2D eigenvalue weighted by Crippen LogP contribution is -2.25. The number of hydrogen-bond donors (Lipinski definition) is 1. The number of aryl methyl sites for hydroxylation is 3. The summed E-state index contributed by atoms with van der Waals surface area (Å²) in [7, 11) is 0. The summed E-state index contributed by atoms with van der Waals surface area (Å²) in [5.74, 6) is 2.21. The largest absolute Gasteiger partial charge is 0.439 e. The van der Waals surface area contributed by atoms with E-state index >= 15 is 0 Å². The van der Waals surface area contributed by atoms with E-state index in [0.29, 0.717) is 24.6 Å². The third kappa shape index (κ3) is 4.73. The third-order valence-electron chi connectivity index (χ3n) is 5.60. The summed E-state index contributed by atoms with van der Waals surface area (Å²) in [4.78, 5) is 12.3. The van der Waals surface area contributed by atoms with Crippen LogP contribution in [0.15, 0.2) is 48.5 Å². The van der Waals surface area contributed by atoms with Gasteiger partial charge in [0.25, 0.3) is 0 Å². The summed E-state index contributed by atoms with van der Waals surface area (Å²) in [6.45, 7) is 6.89. The fourth-order valence-electron chi connectivity index (χ4n) is 3.52. The molecule has 5 nitrogen and oxygen atoms in total. The van der Waals surface area contributed by atoms with Crippen molar-refractivity contribution < 1.29 is 9.53 Å². The standard InChI is InChI=1S/C25H29N3O2/c1-17-8-12-21(13-9-17)30-25-22(14-15-24(29)26-16-20-10-11-20)19(3)27-28(25)23-7-5-4-6-18(23)2/h4-9,12-13,20H,10-11,14-16H2,1-3H3,(H,26,29). The zero-order chi connectivity index (χ0) is 21.1. The Morgan fingerprint density at radius 2 is 1.83 bits per heavy atom. The van der Waals surface area contributed by atoms with Gasteiger partial charge in [-0.15, -0.1) is 0 Å². The second kappa shape index (κ2) is 8.74. The topological polar surface area (TPSA) is 56.1 Å². The van der Waals surface area contributed by atoms with E-state index in [-0.39, 0.29) is 5.91 Å². The van der Waals surface area contributed by atoms with Crippen LogP contribution in [0.4, 0.5) is 0 Å². The number of ether oxygens (including phenoxy) is 1. The average Bonchev–Trinajstić information content (AvgIpc) is 3.51. The normalized spacial score (nSPS) is 13.3. The van der Waals surface area contributed by atoms with Crippen LogP contribution in [0.25, 0.3) is 5.69 Å². The zero-order valence-electron chi connectivity index (χ0n) is 17.9. The van der Waals surface area contributed by atoms with Crippen molar-refractivity contribution >= 4 is 5.91 Å². The average molecular weight is 404 g/mol. The van der Waals surface area contributed by atoms with Gasteiger partial charge in [0.1, 0.15) is 5.75 Å². The second-order valence-corrected chi connectivity index (χ2v) is 8.23. The summed E-state index contributed by atoms with van der Waals surface area (Å²) in [6, 6.07) is 16.1. The van der Waals surface area contributed by atoms with Crippen LogP contribution < -0.4 is 10.1 Å². The minimum atomic E-state index is 0.0891. The van der Waals surface area contributed by atoms with Crippen LogP contribution in [0.2, 0.25) is 0 Å². The van der Waals surface area contributed by atoms with E-state index in [0.717, 1.165) is 34.8 Å². The Morgan fingerprint density at radius 1 is 1.10 bits per heavy atom. The van der Waals surface area contributed by atoms with E-state index in [1.807, 2.05) is 54.1 Å². The highest BCUT2D eigenvalue weighted by molar-refractivity contribution is 5.76. The maximum absolute atomic E-state index is 12.3. The van der Waals surface area contributed by atoms with Crippen molar-refractivity contribution in [2.75, 3.05) is 6.54 Å². The van der Waals surface area contributed by atoms with Crippen molar-refractivity contribution in [2.24, 2.45) is 5.92 Å². The number of benzene rings is 2. The fraction of sp³-hybridized carbons (Fsp3) is 0.360. The third-order valence-corrected chi connectivity index (χ3v) is 5.60. The van der Waals surface area contributed by atoms with Crippen LogP contribution in [0.5, 0.6) is 11.6 Å². The summed E-state index contributed by atoms with van der Waals surface area (Å²) in [6.07, 6.45) is 3.49. The lowest BCUT2D eigenvalue weighted by atomic mass is 10.1. The molecule has 0 spiro atoms. The number of hydrogen-bond acceptors (Lipinski definition) is 3. The molecule has 0 radical (unpaired) electrons. The molecule has 30 heavy (non-hydrogen) atoms. The van der Waals surface area contributed by atoms with Crippen molar-refractivity contribution in [1.82, 2.24) is 15.1 Å². The molecule has 2 aromatic carbocycles. The van der Waals surface area contributed by atoms with Gasteiger partial charge in [0.15, 0.2) is 0 Å². The summed E-state index contributed by atoms with van der Waals surface area (Å²) < 4.78 is 8.20. The predicted octanol–water partition coefficient (Wildman–Crippen LogP) is 5.05. The minimum absolute atomic E-state index is 0.0891. The smallest absolute Gasteiger partial charge is 0.226 e. The molecule has 1 aliphatic carbocycles. The van der Waals surface area contributed by atoms with Crippen LogP contribution in [0.1, 0.15) is 41.6 Å². The Bertz CT molecular complexity index is 1030. The predicted molar refractivity (Wildman–Crippen MR) is 118 cm³/mol. The number of amides is 1. The van der Waals surface area contributed by atoms with E-state index in [2.05, 4.69) is 25.2 Å². The summed E-state index contributed by atoms with van der Waals surface area (Å²) in [5.41, 5.74) is 5.13. The van der Waals surface area contributed by atoms with Gasteiger partial charge in [-0.05, 0) is 69.7 Å². The number of para-hydroxylation sites is 1. The Balaban J connectivity index is 1.62. The van der Waals surface area contributed by atoms with Crippen LogP contribution in [-0.2, 0) is 11.2 Å². The number of nitrogens with one attached hydrogen (secondary N) is 1. The minimum Gasteiger partial charge on any atom is -0.439 e. The van der Waals surface area contributed by atoms with Crippen molar-refractivity contribution in [3.63, 3.8) is 0 Å². The highest BCUT2D eigenvalue weighted by atomic mass is 16.5. The summed E-state index contributed by atoms with van der Waals surface area (Å²) >= 11 is 0. The van der Waals surface area contributed by atoms with Gasteiger partial charge in [0.2, 0.25) is 11.8 Å². The molecular weight excluding hydrogens is 374 g/mol. The number of aromatic nitrogens is 2. The Kier molecular flexibility index (Phi) is 5.88. The van der Waals surface area contributed by atoms with E-state index in [9.17, 15) is 4.79 Å². The number of rotatable bonds is 8. The van der Waals surface area contributed by atoms with Crippen molar-refractivity contribution in [3.8, 4) is 17.3 Å². The Hall–Kier alpha value is -3.08. The number of carbonyl (C=O) groups excluding carboxylic acids is 1. The highest BCUT2D eigenvalue weighted by Gasteiger charge is 2.23. The van der Waals surface area contributed by atoms with E-state index in [1.165, 1.54) is 18.4 Å². The molecule has 156 valence electrons. The molecule has 4 rings (SSSR count). The molecular formula is C25H29N3O2. The second-order valence-electron chi connectivity index (χ2n) is 8.23. The molecule has 5 heteroatoms. The molecule has 1 aromatic heterocycles.